The van der Waals surface area contributed by atoms with Crippen LogP contribution in [0.15, 0.2) is 42.7 Å². The van der Waals surface area contributed by atoms with Gasteiger partial charge in [-0.3, -0.25) is 0 Å². The second-order valence-electron chi connectivity index (χ2n) is 4.99. The van der Waals surface area contributed by atoms with Gasteiger partial charge in [0.05, 0.1) is 0 Å². The van der Waals surface area contributed by atoms with Crippen LogP contribution in [-0.4, -0.2) is 14.7 Å². The molecule has 0 fully saturated rings. The molecule has 1 aromatic carbocycles. The fourth-order valence-electron chi connectivity index (χ4n) is 2.43. The summed E-state index contributed by atoms with van der Waals surface area (Å²) in [5, 5.41) is 11.0. The Morgan fingerprint density at radius 1 is 1.21 bits per heavy atom. The maximum absolute atomic E-state index is 11.0. The molecule has 0 spiro atoms. The molecular weight excluding hydrogens is 236 g/mol. The van der Waals surface area contributed by atoms with Crippen LogP contribution in [0.25, 0.3) is 0 Å². The molecule has 3 nitrogen and oxygen atoms in total. The van der Waals surface area contributed by atoms with Gasteiger partial charge < -0.3 is 9.67 Å². The van der Waals surface area contributed by atoms with Crippen LogP contribution >= 0.6 is 0 Å². The van der Waals surface area contributed by atoms with Gasteiger partial charge in [0.15, 0.2) is 0 Å². The van der Waals surface area contributed by atoms with E-state index in [9.17, 15) is 5.11 Å². The minimum Gasteiger partial charge on any atom is -0.382 e. The summed E-state index contributed by atoms with van der Waals surface area (Å²) in [7, 11) is 0. The van der Waals surface area contributed by atoms with Crippen LogP contribution in [0.2, 0.25) is 0 Å². The number of hydrogen-bond acceptors (Lipinski definition) is 2. The molecule has 1 heterocycles. The average Bonchev–Trinajstić information content (AvgIpc) is 2.89. The number of nitrogens with zero attached hydrogens (tertiary/aromatic N) is 2. The Morgan fingerprint density at radius 3 is 2.58 bits per heavy atom. The van der Waals surface area contributed by atoms with Gasteiger partial charge in [0.25, 0.3) is 0 Å². The zero-order valence-corrected chi connectivity index (χ0v) is 11.7. The largest absolute Gasteiger partial charge is 0.382 e. The summed E-state index contributed by atoms with van der Waals surface area (Å²) in [6, 6.07) is 10.1. The van der Waals surface area contributed by atoms with E-state index in [-0.39, 0.29) is 0 Å². The molecule has 0 aliphatic rings. The molecule has 1 N–H and O–H groups in total. The fraction of sp³-hybridized carbons (Fsp3) is 0.438. The molecule has 0 amide bonds. The second kappa shape index (κ2) is 6.02. The van der Waals surface area contributed by atoms with Crippen LogP contribution < -0.4 is 0 Å². The van der Waals surface area contributed by atoms with Crippen LogP contribution in [-0.2, 0) is 18.6 Å². The average molecular weight is 258 g/mol. The number of aromatic nitrogens is 2. The fourth-order valence-corrected chi connectivity index (χ4v) is 2.43. The minimum atomic E-state index is -0.889. The van der Waals surface area contributed by atoms with Gasteiger partial charge in [0, 0.05) is 25.4 Å². The molecule has 19 heavy (non-hydrogen) atoms. The predicted molar refractivity (Wildman–Crippen MR) is 76.9 cm³/mol. The standard InChI is InChI=1S/C16H22N2O/c1-3-11-18-12-10-17-15(18)16(19,4-2)13-14-8-6-5-7-9-14/h5-10,12,19H,3-4,11,13H2,1-2H3. The highest BCUT2D eigenvalue weighted by Gasteiger charge is 2.31. The highest BCUT2D eigenvalue weighted by molar-refractivity contribution is 5.19. The van der Waals surface area contributed by atoms with E-state index < -0.39 is 5.60 Å². The Labute approximate surface area is 114 Å². The summed E-state index contributed by atoms with van der Waals surface area (Å²) in [5.41, 5.74) is 0.248. The highest BCUT2D eigenvalue weighted by Crippen LogP contribution is 2.28. The third-order valence-corrected chi connectivity index (χ3v) is 3.52. The molecule has 3 heteroatoms. The highest BCUT2D eigenvalue weighted by atomic mass is 16.3. The SMILES string of the molecule is CCCn1ccnc1C(O)(CC)Cc1ccccc1. The lowest BCUT2D eigenvalue weighted by molar-refractivity contribution is 0.0200. The number of rotatable bonds is 6. The van der Waals surface area contributed by atoms with Gasteiger partial charge in [-0.05, 0) is 18.4 Å². The molecule has 0 saturated carbocycles. The van der Waals surface area contributed by atoms with Crippen molar-refractivity contribution in [1.82, 2.24) is 9.55 Å². The Morgan fingerprint density at radius 2 is 1.95 bits per heavy atom. The summed E-state index contributed by atoms with van der Waals surface area (Å²) >= 11 is 0. The molecule has 0 aliphatic carbocycles. The molecular formula is C16H22N2O. The predicted octanol–water partition coefficient (Wildman–Crippen LogP) is 3.13. The lowest BCUT2D eigenvalue weighted by atomic mass is 9.91. The van der Waals surface area contributed by atoms with Crippen molar-refractivity contribution in [2.75, 3.05) is 0 Å². The summed E-state index contributed by atoms with van der Waals surface area (Å²) in [6.07, 6.45) is 6.02. The third kappa shape index (κ3) is 3.04. The first kappa shape index (κ1) is 13.8. The van der Waals surface area contributed by atoms with Crippen molar-refractivity contribution in [3.8, 4) is 0 Å². The molecule has 2 aromatic rings. The van der Waals surface area contributed by atoms with Gasteiger partial charge in [-0.25, -0.2) is 4.98 Å². The maximum Gasteiger partial charge on any atom is 0.141 e. The minimum absolute atomic E-state index is 0.602. The normalized spacial score (nSPS) is 14.3. The number of benzene rings is 1. The van der Waals surface area contributed by atoms with E-state index in [4.69, 9.17) is 0 Å². The first-order valence-corrected chi connectivity index (χ1v) is 6.97. The molecule has 1 unspecified atom stereocenters. The van der Waals surface area contributed by atoms with Gasteiger partial charge in [-0.2, -0.15) is 0 Å². The van der Waals surface area contributed by atoms with E-state index in [0.29, 0.717) is 12.8 Å². The second-order valence-corrected chi connectivity index (χ2v) is 4.99. The molecule has 0 aliphatic heterocycles. The monoisotopic (exact) mass is 258 g/mol. The number of imidazole rings is 1. The van der Waals surface area contributed by atoms with Crippen molar-refractivity contribution in [2.24, 2.45) is 0 Å². The summed E-state index contributed by atoms with van der Waals surface area (Å²) in [6.45, 7) is 5.03. The van der Waals surface area contributed by atoms with Crippen LogP contribution in [0.1, 0.15) is 38.1 Å². The van der Waals surface area contributed by atoms with Gasteiger partial charge in [0.2, 0.25) is 0 Å². The van der Waals surface area contributed by atoms with Gasteiger partial charge in [-0.1, -0.05) is 44.2 Å². The maximum atomic E-state index is 11.0. The van der Waals surface area contributed by atoms with Gasteiger partial charge in [-0.15, -0.1) is 0 Å². The van der Waals surface area contributed by atoms with Crippen molar-refractivity contribution >= 4 is 0 Å². The number of aryl methyl sites for hydroxylation is 1. The first-order valence-electron chi connectivity index (χ1n) is 6.97. The quantitative estimate of drug-likeness (QED) is 0.864. The van der Waals surface area contributed by atoms with E-state index in [1.165, 1.54) is 0 Å². The van der Waals surface area contributed by atoms with Crippen molar-refractivity contribution in [3.63, 3.8) is 0 Å². The Kier molecular flexibility index (Phi) is 4.38. The van der Waals surface area contributed by atoms with Crippen molar-refractivity contribution in [2.45, 2.75) is 45.3 Å². The van der Waals surface area contributed by atoms with Crippen LogP contribution in [0, 0.1) is 0 Å². The van der Waals surface area contributed by atoms with Crippen LogP contribution in [0.3, 0.4) is 0 Å². The smallest absolute Gasteiger partial charge is 0.141 e. The summed E-state index contributed by atoms with van der Waals surface area (Å²) < 4.78 is 2.06. The van der Waals surface area contributed by atoms with E-state index in [2.05, 4.69) is 16.5 Å². The summed E-state index contributed by atoms with van der Waals surface area (Å²) in [5.74, 6) is 0.778. The molecule has 102 valence electrons. The molecule has 1 atom stereocenters. The lowest BCUT2D eigenvalue weighted by Gasteiger charge is -2.27. The van der Waals surface area contributed by atoms with E-state index >= 15 is 0 Å². The molecule has 2 rings (SSSR count). The van der Waals surface area contributed by atoms with Gasteiger partial charge >= 0.3 is 0 Å². The zero-order valence-electron chi connectivity index (χ0n) is 11.7. The zero-order chi connectivity index (χ0) is 13.7. The number of aliphatic hydroxyl groups is 1. The van der Waals surface area contributed by atoms with Crippen LogP contribution in [0.5, 0.6) is 0 Å². The Bertz CT molecular complexity index is 506. The first-order chi connectivity index (χ1) is 9.19. The van der Waals surface area contributed by atoms with Crippen molar-refractivity contribution in [3.05, 3.63) is 54.1 Å². The topological polar surface area (TPSA) is 38.0 Å². The third-order valence-electron chi connectivity index (χ3n) is 3.52. The molecule has 0 bridgehead atoms. The van der Waals surface area contributed by atoms with Crippen molar-refractivity contribution in [1.29, 1.82) is 0 Å². The lowest BCUT2D eigenvalue weighted by Crippen LogP contribution is -2.31. The van der Waals surface area contributed by atoms with E-state index in [0.717, 1.165) is 24.4 Å². The number of hydrogen-bond donors (Lipinski definition) is 1. The molecule has 1 aromatic heterocycles. The van der Waals surface area contributed by atoms with Crippen LogP contribution in [0.4, 0.5) is 0 Å². The van der Waals surface area contributed by atoms with Gasteiger partial charge in [0.1, 0.15) is 11.4 Å². The van der Waals surface area contributed by atoms with Crippen molar-refractivity contribution < 1.29 is 5.11 Å². The Hall–Kier alpha value is -1.61. The van der Waals surface area contributed by atoms with E-state index in [1.54, 1.807) is 6.20 Å². The molecule has 0 saturated heterocycles. The van der Waals surface area contributed by atoms with E-state index in [1.807, 2.05) is 43.5 Å². The molecule has 0 radical (unpaired) electrons. The summed E-state index contributed by atoms with van der Waals surface area (Å²) in [4.78, 5) is 4.39. The Balaban J connectivity index is 2.28.